The Morgan fingerprint density at radius 3 is 3.22 bits per heavy atom. The summed E-state index contributed by atoms with van der Waals surface area (Å²) in [6, 6.07) is 6.19. The lowest BCUT2D eigenvalue weighted by Crippen LogP contribution is -2.21. The Labute approximate surface area is 111 Å². The first-order valence-corrected chi connectivity index (χ1v) is 7.20. The maximum Gasteiger partial charge on any atom is 0.119 e. The zero-order valence-corrected chi connectivity index (χ0v) is 10.9. The molecule has 1 heterocycles. The van der Waals surface area contributed by atoms with Gasteiger partial charge in [-0.15, -0.1) is 11.3 Å². The van der Waals surface area contributed by atoms with Crippen LogP contribution in [-0.4, -0.2) is 16.6 Å². The molecule has 94 valence electrons. The zero-order valence-electron chi connectivity index (χ0n) is 10.1. The fraction of sp³-hybridized carbons (Fsp3) is 0.357. The van der Waals surface area contributed by atoms with Gasteiger partial charge in [0.2, 0.25) is 0 Å². The highest BCUT2D eigenvalue weighted by atomic mass is 32.1. The highest BCUT2D eigenvalue weighted by Crippen LogP contribution is 2.36. The Bertz CT molecular complexity index is 525. The number of hydrogen-bond donors (Lipinski definition) is 2. The van der Waals surface area contributed by atoms with Crippen LogP contribution in [-0.2, 0) is 12.8 Å². The number of aromatic hydroxyl groups is 1. The van der Waals surface area contributed by atoms with Crippen molar-refractivity contribution in [2.24, 2.45) is 0 Å². The van der Waals surface area contributed by atoms with Crippen LogP contribution in [0, 0.1) is 0 Å². The fourth-order valence-corrected chi connectivity index (χ4v) is 3.18. The van der Waals surface area contributed by atoms with E-state index in [9.17, 15) is 5.11 Å². The number of phenolic OH excluding ortho intramolecular Hbond substituents is 1. The van der Waals surface area contributed by atoms with Crippen molar-refractivity contribution < 1.29 is 5.11 Å². The van der Waals surface area contributed by atoms with Gasteiger partial charge in [0, 0.05) is 24.4 Å². The molecule has 18 heavy (non-hydrogen) atoms. The summed E-state index contributed by atoms with van der Waals surface area (Å²) >= 11 is 1.64. The molecule has 3 rings (SSSR count). The summed E-state index contributed by atoms with van der Waals surface area (Å²) in [6.07, 6.45) is 3.01. The van der Waals surface area contributed by atoms with Crippen molar-refractivity contribution in [1.29, 1.82) is 0 Å². The van der Waals surface area contributed by atoms with E-state index in [1.807, 2.05) is 11.6 Å². The monoisotopic (exact) mass is 260 g/mol. The van der Waals surface area contributed by atoms with Gasteiger partial charge in [-0.1, -0.05) is 12.1 Å². The lowest BCUT2D eigenvalue weighted by atomic mass is 10.1. The van der Waals surface area contributed by atoms with Crippen LogP contribution in [0.15, 0.2) is 29.1 Å². The number of phenols is 1. The lowest BCUT2D eigenvalue weighted by Gasteiger charge is -2.13. The molecule has 4 heteroatoms. The second-order valence-corrected chi connectivity index (χ2v) is 5.34. The van der Waals surface area contributed by atoms with E-state index in [1.165, 1.54) is 5.56 Å². The van der Waals surface area contributed by atoms with Crippen LogP contribution >= 0.6 is 11.3 Å². The molecule has 0 saturated heterocycles. The summed E-state index contributed by atoms with van der Waals surface area (Å²) in [4.78, 5) is 4.28. The van der Waals surface area contributed by atoms with Crippen molar-refractivity contribution in [3.05, 3.63) is 45.9 Å². The molecule has 0 bridgehead atoms. The average molecular weight is 260 g/mol. The van der Waals surface area contributed by atoms with E-state index in [4.69, 9.17) is 0 Å². The molecule has 1 aliphatic carbocycles. The van der Waals surface area contributed by atoms with Gasteiger partial charge in [0.05, 0.1) is 11.2 Å². The number of rotatable bonds is 4. The van der Waals surface area contributed by atoms with Gasteiger partial charge in [-0.05, 0) is 30.0 Å². The number of nitrogens with zero attached hydrogens (tertiary/aromatic N) is 1. The summed E-state index contributed by atoms with van der Waals surface area (Å²) in [5.74, 6) is 0.441. The number of benzene rings is 1. The normalized spacial score (nSPS) is 17.9. The van der Waals surface area contributed by atoms with Crippen LogP contribution in [0.2, 0.25) is 0 Å². The molecular formula is C14H16N2OS. The number of aromatic nitrogens is 1. The minimum absolute atomic E-state index is 0.380. The molecule has 0 aliphatic heterocycles. The van der Waals surface area contributed by atoms with E-state index < -0.39 is 0 Å². The Hall–Kier alpha value is -1.39. The summed E-state index contributed by atoms with van der Waals surface area (Å²) in [7, 11) is 0. The first-order chi connectivity index (χ1) is 8.84. The van der Waals surface area contributed by atoms with Crippen molar-refractivity contribution in [2.75, 3.05) is 6.54 Å². The van der Waals surface area contributed by atoms with Crippen LogP contribution in [0.3, 0.4) is 0 Å². The van der Waals surface area contributed by atoms with Crippen molar-refractivity contribution in [2.45, 2.75) is 25.3 Å². The van der Waals surface area contributed by atoms with Crippen molar-refractivity contribution in [3.63, 3.8) is 0 Å². The quantitative estimate of drug-likeness (QED) is 0.888. The minimum atomic E-state index is 0.380. The summed E-state index contributed by atoms with van der Waals surface area (Å²) in [5.41, 5.74) is 5.40. The van der Waals surface area contributed by atoms with Crippen LogP contribution < -0.4 is 5.32 Å². The summed E-state index contributed by atoms with van der Waals surface area (Å²) in [5, 5.41) is 15.4. The molecular weight excluding hydrogens is 244 g/mol. The van der Waals surface area contributed by atoms with Gasteiger partial charge >= 0.3 is 0 Å². The van der Waals surface area contributed by atoms with Crippen LogP contribution in [0.1, 0.15) is 29.3 Å². The molecule has 0 saturated carbocycles. The number of nitrogens with one attached hydrogen (secondary N) is 1. The van der Waals surface area contributed by atoms with Gasteiger partial charge in [0.15, 0.2) is 0 Å². The maximum absolute atomic E-state index is 9.79. The van der Waals surface area contributed by atoms with Gasteiger partial charge in [-0.3, -0.25) is 0 Å². The molecule has 0 radical (unpaired) electrons. The first kappa shape index (κ1) is 11.7. The highest BCUT2D eigenvalue weighted by molar-refractivity contribution is 7.07. The molecule has 0 fully saturated rings. The molecule has 2 N–H and O–H groups in total. The average Bonchev–Trinajstić information content (AvgIpc) is 3.00. The standard InChI is InChI=1S/C14H16N2OS/c17-14-3-1-2-11-12(14)4-5-13(11)15-7-6-10-8-18-9-16-10/h1-3,8-9,13,15,17H,4-7H2. The summed E-state index contributed by atoms with van der Waals surface area (Å²) < 4.78 is 0. The van der Waals surface area contributed by atoms with Gasteiger partial charge in [-0.25, -0.2) is 4.98 Å². The molecule has 0 amide bonds. The Kier molecular flexibility index (Phi) is 3.30. The number of fused-ring (bicyclic) bond motifs is 1. The molecule has 1 atom stereocenters. The van der Waals surface area contributed by atoms with Crippen molar-refractivity contribution in [3.8, 4) is 5.75 Å². The van der Waals surface area contributed by atoms with Gasteiger partial charge < -0.3 is 10.4 Å². The van der Waals surface area contributed by atoms with E-state index in [2.05, 4.69) is 21.7 Å². The van der Waals surface area contributed by atoms with E-state index in [-0.39, 0.29) is 0 Å². The van der Waals surface area contributed by atoms with E-state index in [1.54, 1.807) is 17.4 Å². The summed E-state index contributed by atoms with van der Waals surface area (Å²) in [6.45, 7) is 0.934. The minimum Gasteiger partial charge on any atom is -0.508 e. The smallest absolute Gasteiger partial charge is 0.119 e. The third kappa shape index (κ3) is 2.26. The van der Waals surface area contributed by atoms with E-state index in [0.29, 0.717) is 11.8 Å². The predicted molar refractivity (Wildman–Crippen MR) is 73.0 cm³/mol. The third-order valence-electron chi connectivity index (χ3n) is 3.50. The van der Waals surface area contributed by atoms with Crippen LogP contribution in [0.25, 0.3) is 0 Å². The van der Waals surface area contributed by atoms with Gasteiger partial charge in [0.25, 0.3) is 0 Å². The Balaban J connectivity index is 1.61. The molecule has 1 unspecified atom stereocenters. The van der Waals surface area contributed by atoms with E-state index in [0.717, 1.165) is 37.1 Å². The molecule has 1 aromatic carbocycles. The molecule has 0 spiro atoms. The topological polar surface area (TPSA) is 45.1 Å². The van der Waals surface area contributed by atoms with Crippen LogP contribution in [0.5, 0.6) is 5.75 Å². The van der Waals surface area contributed by atoms with Gasteiger partial charge in [0.1, 0.15) is 5.75 Å². The zero-order chi connectivity index (χ0) is 12.4. The number of hydrogen-bond acceptors (Lipinski definition) is 4. The molecule has 2 aromatic rings. The Morgan fingerprint density at radius 1 is 1.44 bits per heavy atom. The second kappa shape index (κ2) is 5.08. The van der Waals surface area contributed by atoms with Gasteiger partial charge in [-0.2, -0.15) is 0 Å². The van der Waals surface area contributed by atoms with Crippen LogP contribution in [0.4, 0.5) is 0 Å². The first-order valence-electron chi connectivity index (χ1n) is 6.26. The maximum atomic E-state index is 9.79. The molecule has 3 nitrogen and oxygen atoms in total. The Morgan fingerprint density at radius 2 is 2.39 bits per heavy atom. The largest absolute Gasteiger partial charge is 0.508 e. The SMILES string of the molecule is Oc1cccc2c1CCC2NCCc1cscn1. The van der Waals surface area contributed by atoms with Crippen molar-refractivity contribution >= 4 is 11.3 Å². The molecule has 1 aliphatic rings. The molecule has 1 aromatic heterocycles. The number of thiazole rings is 1. The predicted octanol–water partition coefficient (Wildman–Crippen LogP) is 2.67. The fourth-order valence-electron chi connectivity index (χ4n) is 2.58. The lowest BCUT2D eigenvalue weighted by molar-refractivity contribution is 0.469. The van der Waals surface area contributed by atoms with Crippen molar-refractivity contribution in [1.82, 2.24) is 10.3 Å². The highest BCUT2D eigenvalue weighted by Gasteiger charge is 2.23. The third-order valence-corrected chi connectivity index (χ3v) is 4.14. The van der Waals surface area contributed by atoms with E-state index >= 15 is 0 Å². The second-order valence-electron chi connectivity index (χ2n) is 4.62.